The second-order valence-corrected chi connectivity index (χ2v) is 11.4. The van der Waals surface area contributed by atoms with Gasteiger partial charge in [-0.2, -0.15) is 0 Å². The lowest BCUT2D eigenvalue weighted by Gasteiger charge is -2.33. The Morgan fingerprint density at radius 2 is 1.63 bits per heavy atom. The number of rotatable bonds is 12. The van der Waals surface area contributed by atoms with Gasteiger partial charge in [-0.05, 0) is 54.8 Å². The molecule has 0 saturated carbocycles. The standard InChI is InChI=1S/C30H34FN3O6S/c1-3-16-32-30(36)26(4-2)33(20-22-8-6-5-7-9-22)29(35)21-34(24-12-10-23(31)11-13-24)41(37,38)25-14-15-27-28(19-25)40-18-17-39-27/h5-15,19,26H,3-4,16-18,20-21H2,1-2H3,(H,32,36). The SMILES string of the molecule is CCCNC(=O)C(CC)N(Cc1ccccc1)C(=O)CN(c1ccc(F)cc1)S(=O)(=O)c1ccc2c(c1)OCCO2. The average Bonchev–Trinajstić information content (AvgIpc) is 2.99. The highest BCUT2D eigenvalue weighted by Crippen LogP contribution is 2.34. The molecule has 0 aliphatic carbocycles. The number of carbonyl (C=O) groups is 2. The fraction of sp³-hybridized carbons (Fsp3) is 0.333. The summed E-state index contributed by atoms with van der Waals surface area (Å²) in [5.74, 6) is -0.773. The second-order valence-electron chi connectivity index (χ2n) is 9.52. The summed E-state index contributed by atoms with van der Waals surface area (Å²) in [6, 6.07) is 17.4. The lowest BCUT2D eigenvalue weighted by molar-refractivity contribution is -0.140. The van der Waals surface area contributed by atoms with Crippen molar-refractivity contribution < 1.29 is 31.9 Å². The summed E-state index contributed by atoms with van der Waals surface area (Å²) in [6.45, 7) is 4.26. The van der Waals surface area contributed by atoms with E-state index in [1.165, 1.54) is 35.2 Å². The smallest absolute Gasteiger partial charge is 0.264 e. The number of halogens is 1. The summed E-state index contributed by atoms with van der Waals surface area (Å²) in [5, 5.41) is 2.85. The highest BCUT2D eigenvalue weighted by molar-refractivity contribution is 7.92. The number of nitrogens with one attached hydrogen (secondary N) is 1. The number of hydrogen-bond donors (Lipinski definition) is 1. The van der Waals surface area contributed by atoms with Gasteiger partial charge in [-0.3, -0.25) is 13.9 Å². The first-order valence-electron chi connectivity index (χ1n) is 13.5. The van der Waals surface area contributed by atoms with E-state index < -0.39 is 34.3 Å². The van der Waals surface area contributed by atoms with Crippen LogP contribution in [0.15, 0.2) is 77.7 Å². The fourth-order valence-electron chi connectivity index (χ4n) is 4.51. The van der Waals surface area contributed by atoms with Crippen LogP contribution in [0.3, 0.4) is 0 Å². The summed E-state index contributed by atoms with van der Waals surface area (Å²) in [6.07, 6.45) is 1.04. The van der Waals surface area contributed by atoms with Crippen molar-refractivity contribution >= 4 is 27.5 Å². The minimum absolute atomic E-state index is 0.0952. The predicted molar refractivity (Wildman–Crippen MR) is 153 cm³/mol. The highest BCUT2D eigenvalue weighted by Gasteiger charge is 2.34. The van der Waals surface area contributed by atoms with Crippen LogP contribution in [0.2, 0.25) is 0 Å². The predicted octanol–water partition coefficient (Wildman–Crippen LogP) is 4.13. The van der Waals surface area contributed by atoms with Crippen molar-refractivity contribution in [3.05, 3.63) is 84.2 Å². The van der Waals surface area contributed by atoms with Gasteiger partial charge in [0.1, 0.15) is 31.6 Å². The van der Waals surface area contributed by atoms with E-state index in [9.17, 15) is 22.4 Å². The molecule has 218 valence electrons. The van der Waals surface area contributed by atoms with Gasteiger partial charge in [0.05, 0.1) is 10.6 Å². The van der Waals surface area contributed by atoms with Crippen molar-refractivity contribution in [2.75, 3.05) is 30.6 Å². The molecule has 41 heavy (non-hydrogen) atoms. The summed E-state index contributed by atoms with van der Waals surface area (Å²) in [7, 11) is -4.34. The first-order chi connectivity index (χ1) is 19.7. The third-order valence-electron chi connectivity index (χ3n) is 6.63. The molecule has 0 radical (unpaired) electrons. The molecular formula is C30H34FN3O6S. The zero-order chi connectivity index (χ0) is 29.4. The molecule has 0 fully saturated rings. The molecule has 2 amide bonds. The van der Waals surface area contributed by atoms with Crippen molar-refractivity contribution in [3.63, 3.8) is 0 Å². The van der Waals surface area contributed by atoms with E-state index in [0.717, 1.165) is 28.4 Å². The fourth-order valence-corrected chi connectivity index (χ4v) is 5.94. The summed E-state index contributed by atoms with van der Waals surface area (Å²) in [5.41, 5.74) is 0.878. The average molecular weight is 584 g/mol. The molecule has 1 N–H and O–H groups in total. The Hall–Kier alpha value is -4.12. The van der Waals surface area contributed by atoms with E-state index in [1.807, 2.05) is 37.3 Å². The molecule has 0 spiro atoms. The first kappa shape index (κ1) is 29.9. The largest absolute Gasteiger partial charge is 0.486 e. The summed E-state index contributed by atoms with van der Waals surface area (Å²) in [4.78, 5) is 28.4. The van der Waals surface area contributed by atoms with E-state index in [-0.39, 0.29) is 35.4 Å². The van der Waals surface area contributed by atoms with Crippen LogP contribution >= 0.6 is 0 Å². The van der Waals surface area contributed by atoms with E-state index in [0.29, 0.717) is 25.3 Å². The Kier molecular flexibility index (Phi) is 9.82. The van der Waals surface area contributed by atoms with Crippen molar-refractivity contribution in [3.8, 4) is 11.5 Å². The minimum Gasteiger partial charge on any atom is -0.486 e. The number of carbonyl (C=O) groups excluding carboxylic acids is 2. The quantitative estimate of drug-likeness (QED) is 0.344. The molecule has 0 saturated heterocycles. The zero-order valence-corrected chi connectivity index (χ0v) is 23.9. The van der Waals surface area contributed by atoms with Gasteiger partial charge in [0.2, 0.25) is 11.8 Å². The first-order valence-corrected chi connectivity index (χ1v) is 15.0. The highest BCUT2D eigenvalue weighted by atomic mass is 32.2. The third kappa shape index (κ3) is 7.15. The number of ether oxygens (including phenoxy) is 2. The molecule has 1 atom stereocenters. The molecule has 4 rings (SSSR count). The van der Waals surface area contributed by atoms with Crippen LogP contribution in [0.1, 0.15) is 32.3 Å². The van der Waals surface area contributed by atoms with Crippen LogP contribution < -0.4 is 19.1 Å². The Morgan fingerprint density at radius 3 is 2.29 bits per heavy atom. The van der Waals surface area contributed by atoms with Crippen molar-refractivity contribution in [1.82, 2.24) is 10.2 Å². The third-order valence-corrected chi connectivity index (χ3v) is 8.40. The van der Waals surface area contributed by atoms with Gasteiger partial charge >= 0.3 is 0 Å². The lowest BCUT2D eigenvalue weighted by atomic mass is 10.1. The summed E-state index contributed by atoms with van der Waals surface area (Å²) >= 11 is 0. The molecule has 1 unspecified atom stereocenters. The van der Waals surface area contributed by atoms with Crippen LogP contribution in [-0.4, -0.2) is 57.5 Å². The maximum atomic E-state index is 14.0. The monoisotopic (exact) mass is 583 g/mol. The molecule has 1 heterocycles. The number of hydrogen-bond acceptors (Lipinski definition) is 6. The van der Waals surface area contributed by atoms with E-state index in [2.05, 4.69) is 5.32 Å². The molecule has 3 aromatic carbocycles. The molecule has 11 heteroatoms. The van der Waals surface area contributed by atoms with Crippen LogP contribution in [-0.2, 0) is 26.2 Å². The van der Waals surface area contributed by atoms with E-state index in [1.54, 1.807) is 6.92 Å². The van der Waals surface area contributed by atoms with Gasteiger partial charge in [0, 0.05) is 19.2 Å². The van der Waals surface area contributed by atoms with Gasteiger partial charge in [-0.1, -0.05) is 44.2 Å². The number of sulfonamides is 1. The molecule has 0 aromatic heterocycles. The minimum atomic E-state index is -4.34. The van der Waals surface area contributed by atoms with Crippen molar-refractivity contribution in [2.45, 2.75) is 44.2 Å². The Labute approximate surface area is 239 Å². The van der Waals surface area contributed by atoms with E-state index in [4.69, 9.17) is 9.47 Å². The van der Waals surface area contributed by atoms with Crippen LogP contribution in [0, 0.1) is 5.82 Å². The number of amides is 2. The molecule has 1 aliphatic rings. The summed E-state index contributed by atoms with van der Waals surface area (Å²) < 4.78 is 53.9. The van der Waals surface area contributed by atoms with E-state index >= 15 is 0 Å². The number of anilines is 1. The Balaban J connectivity index is 1.72. The van der Waals surface area contributed by atoms with Crippen molar-refractivity contribution in [2.24, 2.45) is 0 Å². The van der Waals surface area contributed by atoms with Gasteiger partial charge in [-0.25, -0.2) is 12.8 Å². The van der Waals surface area contributed by atoms with Crippen LogP contribution in [0.25, 0.3) is 0 Å². The molecule has 3 aromatic rings. The van der Waals surface area contributed by atoms with Crippen molar-refractivity contribution in [1.29, 1.82) is 0 Å². The van der Waals surface area contributed by atoms with Gasteiger partial charge in [0.25, 0.3) is 10.0 Å². The maximum absolute atomic E-state index is 14.0. The second kappa shape index (κ2) is 13.5. The maximum Gasteiger partial charge on any atom is 0.264 e. The Bertz CT molecular complexity index is 1450. The van der Waals surface area contributed by atoms with Gasteiger partial charge in [0.15, 0.2) is 11.5 Å². The zero-order valence-electron chi connectivity index (χ0n) is 23.1. The normalized spacial score (nSPS) is 13.2. The topological polar surface area (TPSA) is 105 Å². The number of nitrogens with zero attached hydrogens (tertiary/aromatic N) is 2. The number of benzene rings is 3. The molecule has 9 nitrogen and oxygen atoms in total. The lowest BCUT2D eigenvalue weighted by Crippen LogP contribution is -2.52. The molecule has 1 aliphatic heterocycles. The van der Waals surface area contributed by atoms with Crippen LogP contribution in [0.5, 0.6) is 11.5 Å². The van der Waals surface area contributed by atoms with Crippen LogP contribution in [0.4, 0.5) is 10.1 Å². The number of fused-ring (bicyclic) bond motifs is 1. The van der Waals surface area contributed by atoms with Gasteiger partial charge < -0.3 is 19.7 Å². The molecular weight excluding hydrogens is 549 g/mol. The van der Waals surface area contributed by atoms with Gasteiger partial charge in [-0.15, -0.1) is 0 Å². The molecule has 0 bridgehead atoms. The Morgan fingerprint density at radius 1 is 0.951 bits per heavy atom.